The summed E-state index contributed by atoms with van der Waals surface area (Å²) < 4.78 is 0. The fraction of sp³-hybridized carbons (Fsp3) is 0.500. The van der Waals surface area contributed by atoms with E-state index in [9.17, 15) is 4.79 Å². The highest BCUT2D eigenvalue weighted by molar-refractivity contribution is 5.80. The molecule has 1 aromatic carbocycles. The van der Waals surface area contributed by atoms with E-state index in [-0.39, 0.29) is 17.9 Å². The van der Waals surface area contributed by atoms with Crippen LogP contribution in [0.3, 0.4) is 0 Å². The van der Waals surface area contributed by atoms with Gasteiger partial charge in [0.05, 0.1) is 12.0 Å². The second kappa shape index (κ2) is 5.32. The van der Waals surface area contributed by atoms with Crippen molar-refractivity contribution in [3.63, 3.8) is 0 Å². The minimum atomic E-state index is 0.0801. The molecule has 0 spiro atoms. The molecule has 0 aromatic heterocycles. The van der Waals surface area contributed by atoms with Crippen LogP contribution < -0.4 is 10.6 Å². The molecule has 0 radical (unpaired) electrons. The summed E-state index contributed by atoms with van der Waals surface area (Å²) in [5, 5.41) is 6.34. The monoisotopic (exact) mass is 232 g/mol. The van der Waals surface area contributed by atoms with Crippen LogP contribution in [0.25, 0.3) is 0 Å². The molecule has 3 nitrogen and oxygen atoms in total. The summed E-state index contributed by atoms with van der Waals surface area (Å²) in [6, 6.07) is 10.1. The number of hydrogen-bond donors (Lipinski definition) is 2. The van der Waals surface area contributed by atoms with Gasteiger partial charge in [-0.25, -0.2) is 0 Å². The first kappa shape index (κ1) is 12.1. The number of amides is 1. The molecule has 1 fully saturated rings. The Morgan fingerprint density at radius 2 is 2.06 bits per heavy atom. The minimum Gasteiger partial charge on any atom is -0.349 e. The lowest BCUT2D eigenvalue weighted by molar-refractivity contribution is -0.126. The summed E-state index contributed by atoms with van der Waals surface area (Å²) in [7, 11) is 0. The zero-order valence-corrected chi connectivity index (χ0v) is 10.4. The summed E-state index contributed by atoms with van der Waals surface area (Å²) in [5.74, 6) is 0.706. The molecule has 0 aliphatic carbocycles. The smallest absolute Gasteiger partial charge is 0.225 e. The van der Waals surface area contributed by atoms with E-state index in [0.29, 0.717) is 5.92 Å². The van der Waals surface area contributed by atoms with E-state index in [2.05, 4.69) is 17.6 Å². The lowest BCUT2D eigenvalue weighted by atomic mass is 9.96. The van der Waals surface area contributed by atoms with Crippen LogP contribution >= 0.6 is 0 Å². The molecule has 1 heterocycles. The van der Waals surface area contributed by atoms with Gasteiger partial charge >= 0.3 is 0 Å². The summed E-state index contributed by atoms with van der Waals surface area (Å²) in [4.78, 5) is 12.1. The molecule has 1 aliphatic heterocycles. The van der Waals surface area contributed by atoms with Crippen LogP contribution in [0.1, 0.15) is 25.5 Å². The predicted octanol–water partition coefficient (Wildman–Crippen LogP) is 1.72. The highest BCUT2D eigenvalue weighted by atomic mass is 16.2. The maximum atomic E-state index is 12.1. The van der Waals surface area contributed by atoms with Gasteiger partial charge in [-0.1, -0.05) is 37.3 Å². The van der Waals surface area contributed by atoms with E-state index in [0.717, 1.165) is 18.7 Å². The van der Waals surface area contributed by atoms with Crippen molar-refractivity contribution in [2.75, 3.05) is 13.1 Å². The van der Waals surface area contributed by atoms with Gasteiger partial charge in [0.15, 0.2) is 0 Å². The first-order valence-corrected chi connectivity index (χ1v) is 6.24. The lowest BCUT2D eigenvalue weighted by Crippen LogP contribution is -2.35. The van der Waals surface area contributed by atoms with E-state index in [1.807, 2.05) is 37.3 Å². The Morgan fingerprint density at radius 3 is 2.65 bits per heavy atom. The number of nitrogens with one attached hydrogen (secondary N) is 2. The van der Waals surface area contributed by atoms with Crippen molar-refractivity contribution >= 4 is 5.91 Å². The Kier molecular flexibility index (Phi) is 3.79. The van der Waals surface area contributed by atoms with Gasteiger partial charge in [-0.2, -0.15) is 0 Å². The Labute approximate surface area is 103 Å². The number of rotatable bonds is 3. The molecule has 3 atom stereocenters. The fourth-order valence-corrected chi connectivity index (χ4v) is 2.31. The zero-order valence-electron chi connectivity index (χ0n) is 10.4. The van der Waals surface area contributed by atoms with Crippen LogP contribution in [-0.4, -0.2) is 19.0 Å². The predicted molar refractivity (Wildman–Crippen MR) is 68.5 cm³/mol. The lowest BCUT2D eigenvalue weighted by Gasteiger charge is -2.19. The van der Waals surface area contributed by atoms with Gasteiger partial charge in [0.2, 0.25) is 5.91 Å². The minimum absolute atomic E-state index is 0.0801. The Hall–Kier alpha value is -1.35. The van der Waals surface area contributed by atoms with Gasteiger partial charge in [-0.3, -0.25) is 4.79 Å². The first-order valence-electron chi connectivity index (χ1n) is 6.24. The van der Waals surface area contributed by atoms with E-state index >= 15 is 0 Å². The number of carbonyl (C=O) groups excluding carboxylic acids is 1. The Balaban J connectivity index is 1.95. The van der Waals surface area contributed by atoms with Crippen molar-refractivity contribution in [1.29, 1.82) is 0 Å². The van der Waals surface area contributed by atoms with E-state index in [1.165, 1.54) is 0 Å². The van der Waals surface area contributed by atoms with Gasteiger partial charge in [0, 0.05) is 6.54 Å². The third-order valence-corrected chi connectivity index (χ3v) is 3.51. The van der Waals surface area contributed by atoms with Crippen LogP contribution in [0.15, 0.2) is 30.3 Å². The highest BCUT2D eigenvalue weighted by Crippen LogP contribution is 2.18. The van der Waals surface area contributed by atoms with Crippen LogP contribution in [0.5, 0.6) is 0 Å². The largest absolute Gasteiger partial charge is 0.349 e. The average molecular weight is 232 g/mol. The van der Waals surface area contributed by atoms with Gasteiger partial charge < -0.3 is 10.6 Å². The summed E-state index contributed by atoms with van der Waals surface area (Å²) in [6.07, 6.45) is 0. The van der Waals surface area contributed by atoms with Crippen LogP contribution in [0.4, 0.5) is 0 Å². The second-order valence-corrected chi connectivity index (χ2v) is 4.88. The fourth-order valence-electron chi connectivity index (χ4n) is 2.31. The van der Waals surface area contributed by atoms with E-state index < -0.39 is 0 Å². The molecule has 0 saturated carbocycles. The summed E-state index contributed by atoms with van der Waals surface area (Å²) in [5.41, 5.74) is 1.15. The SMILES string of the molecule is C[C@H](NC(=O)[C@@H]1CNC[C@H]1C)c1ccccc1. The molecule has 1 aromatic rings. The third-order valence-electron chi connectivity index (χ3n) is 3.51. The first-order chi connectivity index (χ1) is 8.18. The molecule has 3 heteroatoms. The molecule has 2 rings (SSSR count). The molecule has 1 aliphatic rings. The van der Waals surface area contributed by atoms with Crippen molar-refractivity contribution in [2.45, 2.75) is 19.9 Å². The van der Waals surface area contributed by atoms with Crippen molar-refractivity contribution in [3.05, 3.63) is 35.9 Å². The van der Waals surface area contributed by atoms with E-state index in [4.69, 9.17) is 0 Å². The normalized spacial score (nSPS) is 25.5. The second-order valence-electron chi connectivity index (χ2n) is 4.88. The molecule has 92 valence electrons. The highest BCUT2D eigenvalue weighted by Gasteiger charge is 2.30. The molecule has 2 N–H and O–H groups in total. The standard InChI is InChI=1S/C14H20N2O/c1-10-8-15-9-13(10)14(17)16-11(2)12-6-4-3-5-7-12/h3-7,10-11,13,15H,8-9H2,1-2H3,(H,16,17)/t10-,11+,13-/m1/s1. The average Bonchev–Trinajstić information content (AvgIpc) is 2.76. The van der Waals surface area contributed by atoms with Gasteiger partial charge in [-0.05, 0) is 24.9 Å². The van der Waals surface area contributed by atoms with Crippen molar-refractivity contribution in [1.82, 2.24) is 10.6 Å². The molecular formula is C14H20N2O. The summed E-state index contributed by atoms with van der Waals surface area (Å²) in [6.45, 7) is 5.89. The quantitative estimate of drug-likeness (QED) is 0.833. The van der Waals surface area contributed by atoms with Crippen molar-refractivity contribution < 1.29 is 4.79 Å². The summed E-state index contributed by atoms with van der Waals surface area (Å²) >= 11 is 0. The van der Waals surface area contributed by atoms with Crippen molar-refractivity contribution in [2.24, 2.45) is 11.8 Å². The molecular weight excluding hydrogens is 212 g/mol. The number of carbonyl (C=O) groups is 1. The Bertz CT molecular complexity index is 377. The van der Waals surface area contributed by atoms with E-state index in [1.54, 1.807) is 0 Å². The van der Waals surface area contributed by atoms with Gasteiger partial charge in [-0.15, -0.1) is 0 Å². The molecule has 17 heavy (non-hydrogen) atoms. The van der Waals surface area contributed by atoms with Gasteiger partial charge in [0.1, 0.15) is 0 Å². The van der Waals surface area contributed by atoms with Crippen LogP contribution in [0, 0.1) is 11.8 Å². The topological polar surface area (TPSA) is 41.1 Å². The zero-order chi connectivity index (χ0) is 12.3. The molecule has 1 saturated heterocycles. The molecule has 0 bridgehead atoms. The third kappa shape index (κ3) is 2.86. The van der Waals surface area contributed by atoms with Crippen LogP contribution in [-0.2, 0) is 4.79 Å². The number of hydrogen-bond acceptors (Lipinski definition) is 2. The molecule has 1 amide bonds. The number of benzene rings is 1. The Morgan fingerprint density at radius 1 is 1.35 bits per heavy atom. The molecule has 0 unspecified atom stereocenters. The van der Waals surface area contributed by atoms with Crippen LogP contribution in [0.2, 0.25) is 0 Å². The van der Waals surface area contributed by atoms with Gasteiger partial charge in [0.25, 0.3) is 0 Å². The maximum Gasteiger partial charge on any atom is 0.225 e. The maximum absolute atomic E-state index is 12.1. The van der Waals surface area contributed by atoms with Crippen molar-refractivity contribution in [3.8, 4) is 0 Å².